The molecule has 0 saturated heterocycles. The number of methoxy groups -OCH3 is 1. The van der Waals surface area contributed by atoms with E-state index in [4.69, 9.17) is 9.47 Å². The number of hydrogen-bond donors (Lipinski definition) is 1. The number of benzene rings is 2. The molecule has 6 heteroatoms. The Morgan fingerprint density at radius 1 is 1.04 bits per heavy atom. The van der Waals surface area contributed by atoms with Gasteiger partial charge in [-0.3, -0.25) is 4.79 Å². The second-order valence-electron chi connectivity index (χ2n) is 6.16. The molecule has 1 amide bonds. The first-order chi connectivity index (χ1) is 12.3. The maximum absolute atomic E-state index is 13.7. The van der Waals surface area contributed by atoms with E-state index in [2.05, 4.69) is 19.2 Å². The second-order valence-corrected chi connectivity index (χ2v) is 6.16. The highest BCUT2D eigenvalue weighted by molar-refractivity contribution is 5.97. The fourth-order valence-corrected chi connectivity index (χ4v) is 2.27. The predicted molar refractivity (Wildman–Crippen MR) is 97.0 cm³/mol. The molecule has 2 aromatic carbocycles. The summed E-state index contributed by atoms with van der Waals surface area (Å²) in [4.78, 5) is 24.3. The molecule has 0 aliphatic heterocycles. The van der Waals surface area contributed by atoms with Gasteiger partial charge >= 0.3 is 5.97 Å². The molecule has 26 heavy (non-hydrogen) atoms. The lowest BCUT2D eigenvalue weighted by atomic mass is 10.0. The lowest BCUT2D eigenvalue weighted by molar-refractivity contribution is -0.123. The van der Waals surface area contributed by atoms with Crippen molar-refractivity contribution in [3.8, 4) is 5.75 Å². The van der Waals surface area contributed by atoms with E-state index in [0.717, 1.165) is 11.6 Å². The maximum Gasteiger partial charge on any atom is 0.339 e. The van der Waals surface area contributed by atoms with Crippen LogP contribution in [0.25, 0.3) is 0 Å². The van der Waals surface area contributed by atoms with E-state index in [1.807, 2.05) is 12.1 Å². The molecule has 5 nitrogen and oxygen atoms in total. The number of rotatable bonds is 6. The Labute approximate surface area is 152 Å². The van der Waals surface area contributed by atoms with Gasteiger partial charge in [-0.1, -0.05) is 26.0 Å². The van der Waals surface area contributed by atoms with Crippen LogP contribution in [0.1, 0.15) is 42.6 Å². The highest BCUT2D eigenvalue weighted by Gasteiger charge is 2.20. The van der Waals surface area contributed by atoms with E-state index in [1.54, 1.807) is 12.1 Å². The first-order valence-electron chi connectivity index (χ1n) is 8.27. The summed E-state index contributed by atoms with van der Waals surface area (Å²) in [6.45, 7) is 5.61. The van der Waals surface area contributed by atoms with Gasteiger partial charge in [-0.2, -0.15) is 0 Å². The number of carbonyl (C=O) groups is 2. The molecule has 0 saturated carbocycles. The summed E-state index contributed by atoms with van der Waals surface area (Å²) in [6.07, 6.45) is -1.03. The standard InChI is InChI=1S/C20H22FNO4/c1-12(2)14-5-8-16(9-6-14)22-19(23)13(3)26-20(24)15-7-10-18(25-4)17(21)11-15/h5-13H,1-4H3,(H,22,23)/t13-/m0/s1. The SMILES string of the molecule is COc1ccc(C(=O)O[C@@H](C)C(=O)Nc2ccc(C(C)C)cc2)cc1F. The van der Waals surface area contributed by atoms with Crippen molar-refractivity contribution in [1.29, 1.82) is 0 Å². The van der Waals surface area contributed by atoms with Crippen LogP contribution in [0.2, 0.25) is 0 Å². The zero-order chi connectivity index (χ0) is 19.3. The third-order valence-corrected chi connectivity index (χ3v) is 3.89. The lowest BCUT2D eigenvalue weighted by Crippen LogP contribution is -2.30. The molecule has 0 aromatic heterocycles. The summed E-state index contributed by atoms with van der Waals surface area (Å²) in [5, 5.41) is 2.68. The summed E-state index contributed by atoms with van der Waals surface area (Å²) >= 11 is 0. The van der Waals surface area contributed by atoms with Crippen LogP contribution >= 0.6 is 0 Å². The van der Waals surface area contributed by atoms with Crippen LogP contribution in [0, 0.1) is 5.82 Å². The van der Waals surface area contributed by atoms with Gasteiger partial charge in [0.1, 0.15) is 0 Å². The Morgan fingerprint density at radius 3 is 2.23 bits per heavy atom. The Morgan fingerprint density at radius 2 is 1.69 bits per heavy atom. The van der Waals surface area contributed by atoms with Gasteiger partial charge in [0, 0.05) is 5.69 Å². The number of ether oxygens (including phenoxy) is 2. The molecule has 138 valence electrons. The van der Waals surface area contributed by atoms with Crippen LogP contribution < -0.4 is 10.1 Å². The fraction of sp³-hybridized carbons (Fsp3) is 0.300. The van der Waals surface area contributed by atoms with Crippen molar-refractivity contribution >= 4 is 17.6 Å². The molecule has 0 spiro atoms. The molecule has 0 fully saturated rings. The van der Waals surface area contributed by atoms with E-state index < -0.39 is 23.8 Å². The number of hydrogen-bond acceptors (Lipinski definition) is 4. The molecule has 1 atom stereocenters. The van der Waals surface area contributed by atoms with Crippen LogP contribution in [-0.2, 0) is 9.53 Å². The van der Waals surface area contributed by atoms with Crippen LogP contribution in [0.15, 0.2) is 42.5 Å². The molecule has 0 bridgehead atoms. The van der Waals surface area contributed by atoms with Crippen molar-refractivity contribution in [2.45, 2.75) is 32.8 Å². The molecule has 0 aliphatic rings. The molecule has 0 radical (unpaired) electrons. The summed E-state index contributed by atoms with van der Waals surface area (Å²) in [6, 6.07) is 11.2. The molecule has 1 N–H and O–H groups in total. The Balaban J connectivity index is 1.97. The van der Waals surface area contributed by atoms with E-state index in [-0.39, 0.29) is 11.3 Å². The van der Waals surface area contributed by atoms with Crippen molar-refractivity contribution in [3.05, 3.63) is 59.4 Å². The Hall–Kier alpha value is -2.89. The van der Waals surface area contributed by atoms with Crippen molar-refractivity contribution < 1.29 is 23.5 Å². The van der Waals surface area contributed by atoms with E-state index in [9.17, 15) is 14.0 Å². The van der Waals surface area contributed by atoms with E-state index in [1.165, 1.54) is 26.2 Å². The van der Waals surface area contributed by atoms with Crippen LogP contribution in [0.5, 0.6) is 5.75 Å². The molecular weight excluding hydrogens is 337 g/mol. The third-order valence-electron chi connectivity index (χ3n) is 3.89. The first-order valence-corrected chi connectivity index (χ1v) is 8.27. The Kier molecular flexibility index (Phi) is 6.33. The summed E-state index contributed by atoms with van der Waals surface area (Å²) in [5.74, 6) is -1.51. The summed E-state index contributed by atoms with van der Waals surface area (Å²) < 4.78 is 23.6. The van der Waals surface area contributed by atoms with Crippen molar-refractivity contribution in [2.75, 3.05) is 12.4 Å². The van der Waals surface area contributed by atoms with Gasteiger partial charge in [0.2, 0.25) is 0 Å². The van der Waals surface area contributed by atoms with Gasteiger partial charge < -0.3 is 14.8 Å². The smallest absolute Gasteiger partial charge is 0.339 e. The molecule has 0 unspecified atom stereocenters. The number of anilines is 1. The Bertz CT molecular complexity index is 787. The highest BCUT2D eigenvalue weighted by Crippen LogP contribution is 2.19. The van der Waals surface area contributed by atoms with Gasteiger partial charge in [-0.05, 0) is 48.7 Å². The van der Waals surface area contributed by atoms with Gasteiger partial charge in [0.05, 0.1) is 12.7 Å². The maximum atomic E-state index is 13.7. The summed E-state index contributed by atoms with van der Waals surface area (Å²) in [7, 11) is 1.33. The quantitative estimate of drug-likeness (QED) is 0.787. The average Bonchev–Trinajstić information content (AvgIpc) is 2.61. The molecular formula is C20H22FNO4. The monoisotopic (exact) mass is 359 g/mol. The minimum absolute atomic E-state index is 0.00392. The van der Waals surface area contributed by atoms with Gasteiger partial charge in [-0.25, -0.2) is 9.18 Å². The number of amides is 1. The van der Waals surface area contributed by atoms with E-state index in [0.29, 0.717) is 11.6 Å². The second kappa shape index (κ2) is 8.47. The number of carbonyl (C=O) groups excluding carboxylic acids is 2. The largest absolute Gasteiger partial charge is 0.494 e. The van der Waals surface area contributed by atoms with Crippen LogP contribution in [-0.4, -0.2) is 25.1 Å². The topological polar surface area (TPSA) is 64.6 Å². The number of nitrogens with one attached hydrogen (secondary N) is 1. The molecule has 0 heterocycles. The third kappa shape index (κ3) is 4.81. The average molecular weight is 359 g/mol. The predicted octanol–water partition coefficient (Wildman–Crippen LogP) is 4.14. The van der Waals surface area contributed by atoms with Gasteiger partial charge in [0.25, 0.3) is 5.91 Å². The lowest BCUT2D eigenvalue weighted by Gasteiger charge is -2.14. The zero-order valence-electron chi connectivity index (χ0n) is 15.2. The van der Waals surface area contributed by atoms with Crippen LogP contribution in [0.3, 0.4) is 0 Å². The molecule has 2 aromatic rings. The van der Waals surface area contributed by atoms with Crippen molar-refractivity contribution in [3.63, 3.8) is 0 Å². The summed E-state index contributed by atoms with van der Waals surface area (Å²) in [5.41, 5.74) is 1.77. The van der Waals surface area contributed by atoms with Gasteiger partial charge in [0.15, 0.2) is 17.7 Å². The zero-order valence-corrected chi connectivity index (χ0v) is 15.2. The number of halogens is 1. The molecule has 2 rings (SSSR count). The van der Waals surface area contributed by atoms with E-state index >= 15 is 0 Å². The highest BCUT2D eigenvalue weighted by atomic mass is 19.1. The van der Waals surface area contributed by atoms with Crippen molar-refractivity contribution in [2.24, 2.45) is 0 Å². The number of esters is 1. The minimum Gasteiger partial charge on any atom is -0.494 e. The van der Waals surface area contributed by atoms with Crippen molar-refractivity contribution in [1.82, 2.24) is 0 Å². The minimum atomic E-state index is -1.03. The first kappa shape index (κ1) is 19.4. The molecule has 0 aliphatic carbocycles. The van der Waals surface area contributed by atoms with Crippen LogP contribution in [0.4, 0.5) is 10.1 Å². The van der Waals surface area contributed by atoms with Gasteiger partial charge in [-0.15, -0.1) is 0 Å². The normalized spacial score (nSPS) is 11.8. The fourth-order valence-electron chi connectivity index (χ4n) is 2.27.